The van der Waals surface area contributed by atoms with E-state index in [-0.39, 0.29) is 5.97 Å². The Kier molecular flexibility index (Phi) is 4.27. The third-order valence-electron chi connectivity index (χ3n) is 2.82. The molecule has 0 unspecified atom stereocenters. The topological polar surface area (TPSA) is 51.5 Å². The molecule has 1 aromatic carbocycles. The number of methoxy groups -OCH3 is 1. The third kappa shape index (κ3) is 3.17. The quantitative estimate of drug-likeness (QED) is 0.870. The SMILES string of the molecule is COC(=O)c1cccc(NCc2ccc(Br)o2)c1C. The van der Waals surface area contributed by atoms with E-state index in [9.17, 15) is 4.79 Å². The summed E-state index contributed by atoms with van der Waals surface area (Å²) >= 11 is 3.26. The van der Waals surface area contributed by atoms with Crippen LogP contribution in [0.2, 0.25) is 0 Å². The van der Waals surface area contributed by atoms with Crippen molar-refractivity contribution in [1.82, 2.24) is 0 Å². The van der Waals surface area contributed by atoms with Gasteiger partial charge in [0.25, 0.3) is 0 Å². The van der Waals surface area contributed by atoms with Gasteiger partial charge in [0.2, 0.25) is 0 Å². The van der Waals surface area contributed by atoms with Gasteiger partial charge < -0.3 is 14.5 Å². The summed E-state index contributed by atoms with van der Waals surface area (Å²) < 4.78 is 10.9. The summed E-state index contributed by atoms with van der Waals surface area (Å²) in [6.45, 7) is 2.43. The van der Waals surface area contributed by atoms with E-state index in [1.807, 2.05) is 31.2 Å². The number of carbonyl (C=O) groups excluding carboxylic acids is 1. The van der Waals surface area contributed by atoms with Gasteiger partial charge in [-0.25, -0.2) is 4.79 Å². The van der Waals surface area contributed by atoms with Crippen molar-refractivity contribution >= 4 is 27.6 Å². The molecule has 0 bridgehead atoms. The summed E-state index contributed by atoms with van der Waals surface area (Å²) in [6, 6.07) is 9.21. The van der Waals surface area contributed by atoms with Crippen molar-refractivity contribution in [3.05, 3.63) is 51.9 Å². The molecule has 0 aliphatic heterocycles. The van der Waals surface area contributed by atoms with Crippen molar-refractivity contribution in [3.8, 4) is 0 Å². The Balaban J connectivity index is 2.14. The standard InChI is InChI=1S/C14H14BrNO3/c1-9-11(14(17)18-2)4-3-5-12(9)16-8-10-6-7-13(15)19-10/h3-7,16H,8H2,1-2H3. The number of nitrogens with one attached hydrogen (secondary N) is 1. The average molecular weight is 324 g/mol. The summed E-state index contributed by atoms with van der Waals surface area (Å²) in [5, 5.41) is 3.24. The maximum absolute atomic E-state index is 11.6. The van der Waals surface area contributed by atoms with Gasteiger partial charge in [-0.1, -0.05) is 6.07 Å². The molecule has 0 saturated carbocycles. The summed E-state index contributed by atoms with van der Waals surface area (Å²) in [4.78, 5) is 11.6. The molecule has 0 radical (unpaired) electrons. The largest absolute Gasteiger partial charge is 0.465 e. The molecule has 0 aliphatic rings. The minimum Gasteiger partial charge on any atom is -0.465 e. The molecular weight excluding hydrogens is 310 g/mol. The van der Waals surface area contributed by atoms with Crippen molar-refractivity contribution < 1.29 is 13.9 Å². The van der Waals surface area contributed by atoms with Crippen molar-refractivity contribution in [3.63, 3.8) is 0 Å². The van der Waals surface area contributed by atoms with Gasteiger partial charge in [0.1, 0.15) is 5.76 Å². The van der Waals surface area contributed by atoms with Gasteiger partial charge in [-0.05, 0) is 52.7 Å². The third-order valence-corrected chi connectivity index (χ3v) is 3.25. The Hall–Kier alpha value is -1.75. The molecule has 5 heteroatoms. The zero-order valence-corrected chi connectivity index (χ0v) is 12.3. The molecule has 0 atom stereocenters. The Morgan fingerprint density at radius 2 is 2.16 bits per heavy atom. The first-order chi connectivity index (χ1) is 9.11. The zero-order valence-electron chi connectivity index (χ0n) is 10.7. The first-order valence-electron chi connectivity index (χ1n) is 5.78. The molecule has 19 heavy (non-hydrogen) atoms. The number of rotatable bonds is 4. The number of ether oxygens (including phenoxy) is 1. The number of hydrogen-bond donors (Lipinski definition) is 1. The van der Waals surface area contributed by atoms with Crippen LogP contribution >= 0.6 is 15.9 Å². The highest BCUT2D eigenvalue weighted by molar-refractivity contribution is 9.10. The maximum Gasteiger partial charge on any atom is 0.338 e. The molecule has 2 aromatic rings. The van der Waals surface area contributed by atoms with Crippen molar-refractivity contribution in [1.29, 1.82) is 0 Å². The monoisotopic (exact) mass is 323 g/mol. The lowest BCUT2D eigenvalue weighted by Crippen LogP contribution is -2.07. The minimum absolute atomic E-state index is 0.332. The van der Waals surface area contributed by atoms with E-state index in [0.29, 0.717) is 16.8 Å². The fourth-order valence-corrected chi connectivity index (χ4v) is 2.13. The molecule has 4 nitrogen and oxygen atoms in total. The van der Waals surface area contributed by atoms with Crippen molar-refractivity contribution in [2.45, 2.75) is 13.5 Å². The minimum atomic E-state index is -0.332. The van der Waals surface area contributed by atoms with Gasteiger partial charge in [0.05, 0.1) is 19.2 Å². The number of hydrogen-bond acceptors (Lipinski definition) is 4. The fourth-order valence-electron chi connectivity index (χ4n) is 1.79. The second-order valence-electron chi connectivity index (χ2n) is 4.03. The van der Waals surface area contributed by atoms with E-state index in [1.165, 1.54) is 7.11 Å². The van der Waals surface area contributed by atoms with Gasteiger partial charge in [0.15, 0.2) is 4.67 Å². The highest BCUT2D eigenvalue weighted by atomic mass is 79.9. The van der Waals surface area contributed by atoms with Crippen LogP contribution in [0.4, 0.5) is 5.69 Å². The number of furan rings is 1. The molecule has 1 aromatic heterocycles. The number of halogens is 1. The van der Waals surface area contributed by atoms with Crippen LogP contribution in [0.5, 0.6) is 0 Å². The Morgan fingerprint density at radius 1 is 1.37 bits per heavy atom. The average Bonchev–Trinajstić information content (AvgIpc) is 2.82. The molecule has 2 rings (SSSR count). The molecule has 0 saturated heterocycles. The molecule has 0 aliphatic carbocycles. The molecule has 1 N–H and O–H groups in total. The van der Waals surface area contributed by atoms with E-state index in [1.54, 1.807) is 6.07 Å². The van der Waals surface area contributed by atoms with E-state index in [0.717, 1.165) is 17.0 Å². The zero-order chi connectivity index (χ0) is 13.8. The summed E-state index contributed by atoms with van der Waals surface area (Å²) in [5.74, 6) is 0.483. The Bertz CT molecular complexity index is 592. The van der Waals surface area contributed by atoms with E-state index in [4.69, 9.17) is 9.15 Å². The second kappa shape index (κ2) is 5.93. The molecular formula is C14H14BrNO3. The Labute approximate surface area is 119 Å². The van der Waals surface area contributed by atoms with Crippen molar-refractivity contribution in [2.24, 2.45) is 0 Å². The number of carbonyl (C=O) groups is 1. The van der Waals surface area contributed by atoms with E-state index < -0.39 is 0 Å². The highest BCUT2D eigenvalue weighted by Crippen LogP contribution is 2.21. The van der Waals surface area contributed by atoms with Crippen LogP contribution < -0.4 is 5.32 Å². The van der Waals surface area contributed by atoms with Gasteiger partial charge in [-0.2, -0.15) is 0 Å². The summed E-state index contributed by atoms with van der Waals surface area (Å²) in [5.41, 5.74) is 2.31. The predicted molar refractivity (Wildman–Crippen MR) is 76.3 cm³/mol. The van der Waals surface area contributed by atoms with Gasteiger partial charge in [0, 0.05) is 5.69 Å². The molecule has 0 amide bonds. The smallest absolute Gasteiger partial charge is 0.338 e. The normalized spacial score (nSPS) is 10.3. The number of anilines is 1. The highest BCUT2D eigenvalue weighted by Gasteiger charge is 2.11. The van der Waals surface area contributed by atoms with Gasteiger partial charge in [-0.15, -0.1) is 0 Å². The Morgan fingerprint density at radius 3 is 2.79 bits per heavy atom. The molecule has 1 heterocycles. The lowest BCUT2D eigenvalue weighted by molar-refractivity contribution is 0.0600. The van der Waals surface area contributed by atoms with Crippen LogP contribution in [0.1, 0.15) is 21.7 Å². The van der Waals surface area contributed by atoms with E-state index in [2.05, 4.69) is 21.2 Å². The number of esters is 1. The van der Waals surface area contributed by atoms with Crippen LogP contribution in [-0.2, 0) is 11.3 Å². The first kappa shape index (κ1) is 13.7. The summed E-state index contributed by atoms with van der Waals surface area (Å²) in [6.07, 6.45) is 0. The summed E-state index contributed by atoms with van der Waals surface area (Å²) in [7, 11) is 1.38. The van der Waals surface area contributed by atoms with Crippen molar-refractivity contribution in [2.75, 3.05) is 12.4 Å². The van der Waals surface area contributed by atoms with Crippen LogP contribution in [-0.4, -0.2) is 13.1 Å². The molecule has 100 valence electrons. The molecule has 0 fully saturated rings. The van der Waals surface area contributed by atoms with Crippen LogP contribution in [0.3, 0.4) is 0 Å². The fraction of sp³-hybridized carbons (Fsp3) is 0.214. The lowest BCUT2D eigenvalue weighted by Gasteiger charge is -2.11. The second-order valence-corrected chi connectivity index (χ2v) is 4.81. The van der Waals surface area contributed by atoms with Crippen LogP contribution in [0.25, 0.3) is 0 Å². The van der Waals surface area contributed by atoms with Crippen LogP contribution in [0, 0.1) is 6.92 Å². The van der Waals surface area contributed by atoms with E-state index >= 15 is 0 Å². The lowest BCUT2D eigenvalue weighted by atomic mass is 10.1. The van der Waals surface area contributed by atoms with Gasteiger partial charge >= 0.3 is 5.97 Å². The predicted octanol–water partition coefficient (Wildman–Crippen LogP) is 3.75. The first-order valence-corrected chi connectivity index (χ1v) is 6.57. The number of benzene rings is 1. The maximum atomic E-state index is 11.6. The molecule has 0 spiro atoms. The van der Waals surface area contributed by atoms with Crippen LogP contribution in [0.15, 0.2) is 39.4 Å². The van der Waals surface area contributed by atoms with Gasteiger partial charge in [-0.3, -0.25) is 0 Å².